The molecule has 9 heteroatoms. The molecule has 2 atom stereocenters. The molecule has 0 saturated carbocycles. The van der Waals surface area contributed by atoms with Crippen LogP contribution in [0.2, 0.25) is 0 Å². The van der Waals surface area contributed by atoms with E-state index in [0.717, 1.165) is 25.2 Å². The van der Waals surface area contributed by atoms with Gasteiger partial charge in [-0.15, -0.1) is 12.4 Å². The third-order valence-electron chi connectivity index (χ3n) is 7.57. The van der Waals surface area contributed by atoms with Gasteiger partial charge in [0.05, 0.1) is 25.3 Å². The van der Waals surface area contributed by atoms with Crippen LogP contribution < -0.4 is 19.8 Å². The van der Waals surface area contributed by atoms with E-state index in [-0.39, 0.29) is 41.2 Å². The molecular weight excluding hydrogens is 508 g/mol. The fourth-order valence-corrected chi connectivity index (χ4v) is 5.96. The van der Waals surface area contributed by atoms with E-state index < -0.39 is 0 Å². The summed E-state index contributed by atoms with van der Waals surface area (Å²) in [6.45, 7) is 2.71. The number of ether oxygens (including phenoxy) is 3. The number of pyridine rings is 1. The molecule has 38 heavy (non-hydrogen) atoms. The van der Waals surface area contributed by atoms with Crippen molar-refractivity contribution in [3.63, 3.8) is 0 Å². The van der Waals surface area contributed by atoms with E-state index in [2.05, 4.69) is 4.90 Å². The Kier molecular flexibility index (Phi) is 6.94. The van der Waals surface area contributed by atoms with Crippen molar-refractivity contribution in [3.05, 3.63) is 87.0 Å². The number of likely N-dealkylation sites (tertiary alicyclic amines) is 1. The van der Waals surface area contributed by atoms with Gasteiger partial charge in [0.2, 0.25) is 5.78 Å². The summed E-state index contributed by atoms with van der Waals surface area (Å²) in [5, 5.41) is 10.8. The summed E-state index contributed by atoms with van der Waals surface area (Å²) in [6, 6.07) is 14.1. The lowest BCUT2D eigenvalue weighted by Gasteiger charge is -2.42. The predicted molar refractivity (Wildman–Crippen MR) is 145 cm³/mol. The number of hydrogen-bond acceptors (Lipinski definition) is 7. The quantitative estimate of drug-likeness (QED) is 0.488. The number of aromatic hydroxyl groups is 1. The molecule has 1 N–H and O–H groups in total. The number of halogens is 1. The molecule has 2 bridgehead atoms. The monoisotopic (exact) mass is 536 g/mol. The average molecular weight is 537 g/mol. The number of fused-ring (bicyclic) bond motifs is 5. The molecule has 198 valence electrons. The molecule has 3 aliphatic rings. The Hall–Kier alpha value is -3.75. The number of rotatable bonds is 5. The van der Waals surface area contributed by atoms with Gasteiger partial charge in [-0.05, 0) is 42.7 Å². The molecule has 0 spiro atoms. The topological polar surface area (TPSA) is 90.2 Å². The Bertz CT molecular complexity index is 1500. The highest BCUT2D eigenvalue weighted by molar-refractivity contribution is 6.15. The van der Waals surface area contributed by atoms with Gasteiger partial charge in [0.15, 0.2) is 17.3 Å². The highest BCUT2D eigenvalue weighted by atomic mass is 35.5. The summed E-state index contributed by atoms with van der Waals surface area (Å²) in [7, 11) is 3.10. The number of phenols is 1. The minimum atomic E-state index is -0.245. The maximum atomic E-state index is 13.2. The van der Waals surface area contributed by atoms with Crippen molar-refractivity contribution in [2.75, 3.05) is 27.3 Å². The molecule has 8 nitrogen and oxygen atoms in total. The van der Waals surface area contributed by atoms with Gasteiger partial charge in [0.25, 0.3) is 5.56 Å². The van der Waals surface area contributed by atoms with Crippen molar-refractivity contribution >= 4 is 24.3 Å². The van der Waals surface area contributed by atoms with Gasteiger partial charge >= 0.3 is 0 Å². The smallest absolute Gasteiger partial charge is 0.250 e. The van der Waals surface area contributed by atoms with Crippen molar-refractivity contribution in [2.45, 2.75) is 25.4 Å². The fraction of sp³-hybridized carbons (Fsp3) is 0.310. The first-order valence-corrected chi connectivity index (χ1v) is 12.4. The number of benzene rings is 2. The van der Waals surface area contributed by atoms with E-state index in [1.165, 1.54) is 0 Å². The summed E-state index contributed by atoms with van der Waals surface area (Å²) in [6.07, 6.45) is 2.69. The highest BCUT2D eigenvalue weighted by Crippen LogP contribution is 2.43. The summed E-state index contributed by atoms with van der Waals surface area (Å²) in [5.74, 6) is 2.07. The van der Waals surface area contributed by atoms with Crippen LogP contribution in [0.4, 0.5) is 0 Å². The molecular formula is C29H29ClN2O6. The van der Waals surface area contributed by atoms with Crippen LogP contribution in [0.3, 0.4) is 0 Å². The van der Waals surface area contributed by atoms with Crippen LogP contribution in [-0.4, -0.2) is 47.7 Å². The van der Waals surface area contributed by atoms with Gasteiger partial charge in [0, 0.05) is 49.4 Å². The van der Waals surface area contributed by atoms with Gasteiger partial charge < -0.3 is 23.9 Å². The first kappa shape index (κ1) is 25.9. The number of Topliss-reactive ketones (excluding diaryl/α,β-unsaturated/α-hetero) is 1. The second-order valence-electron chi connectivity index (χ2n) is 9.85. The van der Waals surface area contributed by atoms with E-state index in [1.807, 2.05) is 28.8 Å². The summed E-state index contributed by atoms with van der Waals surface area (Å²) in [4.78, 5) is 27.9. The number of para-hydroxylation sites is 1. The third kappa shape index (κ3) is 4.33. The van der Waals surface area contributed by atoms with Crippen molar-refractivity contribution in [2.24, 2.45) is 5.92 Å². The normalized spacial score (nSPS) is 20.8. The van der Waals surface area contributed by atoms with Gasteiger partial charge in [-0.1, -0.05) is 18.2 Å². The zero-order valence-electron chi connectivity index (χ0n) is 21.2. The molecule has 0 unspecified atom stereocenters. The van der Waals surface area contributed by atoms with Crippen molar-refractivity contribution in [1.82, 2.24) is 9.47 Å². The number of piperidine rings is 1. The molecule has 0 amide bonds. The Morgan fingerprint density at radius 1 is 1.03 bits per heavy atom. The second kappa shape index (κ2) is 10.2. The van der Waals surface area contributed by atoms with Crippen LogP contribution >= 0.6 is 12.4 Å². The van der Waals surface area contributed by atoms with E-state index in [1.54, 1.807) is 44.6 Å². The Morgan fingerprint density at radius 2 is 1.84 bits per heavy atom. The summed E-state index contributed by atoms with van der Waals surface area (Å²) >= 11 is 0. The molecule has 1 aromatic heterocycles. The number of nitrogens with zero attached hydrogens (tertiary/aromatic N) is 2. The largest absolute Gasteiger partial charge is 0.507 e. The molecule has 0 aliphatic carbocycles. The Morgan fingerprint density at radius 3 is 2.63 bits per heavy atom. The van der Waals surface area contributed by atoms with Crippen molar-refractivity contribution < 1.29 is 24.1 Å². The second-order valence-corrected chi connectivity index (χ2v) is 9.85. The maximum absolute atomic E-state index is 13.2. The standard InChI is InChI=1S/C29H28N2O6.ClH/c1-35-24-7-3-5-18(28(24)36-2)12-25-27(34)20-9-10-23(32)21(29(20)37-25)16-30-13-17-11-19(15-30)22-6-4-8-26(33)31(22)14-17;/h3-10,12,17,19,32H,11,13-16H2,1-2H3;1H/b25-12-;/t17-,19+;/m1./s1. The summed E-state index contributed by atoms with van der Waals surface area (Å²) in [5.41, 5.74) is 2.80. The minimum Gasteiger partial charge on any atom is -0.507 e. The highest BCUT2D eigenvalue weighted by Gasteiger charge is 2.37. The van der Waals surface area contributed by atoms with Crippen LogP contribution in [-0.2, 0) is 13.1 Å². The van der Waals surface area contributed by atoms with Gasteiger partial charge in [-0.3, -0.25) is 14.5 Å². The van der Waals surface area contributed by atoms with Crippen molar-refractivity contribution in [1.29, 1.82) is 0 Å². The molecule has 3 aromatic rings. The number of phenolic OH excluding ortho intramolecular Hbond substituents is 1. The Labute approximate surface area is 226 Å². The average Bonchev–Trinajstić information content (AvgIpc) is 3.21. The maximum Gasteiger partial charge on any atom is 0.250 e. The van der Waals surface area contributed by atoms with E-state index >= 15 is 0 Å². The lowest BCUT2D eigenvalue weighted by Crippen LogP contribution is -2.46. The van der Waals surface area contributed by atoms with Crippen LogP contribution in [0.15, 0.2) is 59.1 Å². The van der Waals surface area contributed by atoms with Gasteiger partial charge in [0.1, 0.15) is 11.5 Å². The van der Waals surface area contributed by atoms with Crippen LogP contribution in [0.25, 0.3) is 6.08 Å². The zero-order chi connectivity index (χ0) is 25.7. The molecule has 3 aliphatic heterocycles. The molecule has 2 aromatic carbocycles. The van der Waals surface area contributed by atoms with Crippen molar-refractivity contribution in [3.8, 4) is 23.0 Å². The van der Waals surface area contributed by atoms with Crippen LogP contribution in [0.1, 0.15) is 39.5 Å². The van der Waals surface area contributed by atoms with E-state index in [4.69, 9.17) is 14.2 Å². The third-order valence-corrected chi connectivity index (χ3v) is 7.57. The number of allylic oxidation sites excluding steroid dienone is 1. The number of carbonyl (C=O) groups is 1. The molecule has 0 radical (unpaired) electrons. The number of carbonyl (C=O) groups excluding carboxylic acids is 1. The van der Waals surface area contributed by atoms with E-state index in [0.29, 0.717) is 52.9 Å². The van der Waals surface area contributed by atoms with Gasteiger partial charge in [-0.25, -0.2) is 0 Å². The number of aromatic nitrogens is 1. The van der Waals surface area contributed by atoms with Gasteiger partial charge in [-0.2, -0.15) is 0 Å². The number of ketones is 1. The van der Waals surface area contributed by atoms with E-state index in [9.17, 15) is 14.7 Å². The molecule has 4 heterocycles. The molecule has 6 rings (SSSR count). The molecule has 1 fully saturated rings. The number of hydrogen-bond donors (Lipinski definition) is 1. The number of methoxy groups -OCH3 is 2. The lowest BCUT2D eigenvalue weighted by molar-refractivity contribution is 0.101. The van der Waals surface area contributed by atoms with Crippen LogP contribution in [0, 0.1) is 5.92 Å². The zero-order valence-corrected chi connectivity index (χ0v) is 22.0. The Balaban J connectivity index is 0.00000294. The first-order valence-electron chi connectivity index (χ1n) is 12.4. The first-order chi connectivity index (χ1) is 18.0. The fourth-order valence-electron chi connectivity index (χ4n) is 5.96. The summed E-state index contributed by atoms with van der Waals surface area (Å²) < 4.78 is 18.9. The SMILES string of the molecule is COc1cccc(/C=C2\Oc3c(ccc(O)c3CN3C[C@H]4C[C@@H](C3)c3cccc(=O)n3C4)C2=O)c1OC.Cl. The minimum absolute atomic E-state index is 0. The lowest BCUT2D eigenvalue weighted by atomic mass is 9.83. The van der Waals surface area contributed by atoms with Crippen LogP contribution in [0.5, 0.6) is 23.0 Å². The predicted octanol–water partition coefficient (Wildman–Crippen LogP) is 4.23. The molecule has 1 saturated heterocycles.